The second kappa shape index (κ2) is 3.13. The van der Waals surface area contributed by atoms with Gasteiger partial charge in [0.15, 0.2) is 11.6 Å². The fraction of sp³-hybridized carbons (Fsp3) is 0.250. The maximum Gasteiger partial charge on any atom is 0.161 e. The number of rotatable bonds is 1. The molecule has 1 atom stereocenters. The summed E-state index contributed by atoms with van der Waals surface area (Å²) in [5, 5.41) is 0. The van der Waals surface area contributed by atoms with Crippen LogP contribution in [0.2, 0.25) is 0 Å². The van der Waals surface area contributed by atoms with Crippen LogP contribution in [0.1, 0.15) is 18.0 Å². The molecule has 11 heavy (non-hydrogen) atoms. The Bertz CT molecular complexity index is 258. The molecule has 0 spiro atoms. The summed E-state index contributed by atoms with van der Waals surface area (Å²) in [4.78, 5) is 0. The van der Waals surface area contributed by atoms with Crippen LogP contribution in [0.3, 0.4) is 0 Å². The number of halogens is 2. The maximum absolute atomic E-state index is 12.9. The zero-order chi connectivity index (χ0) is 8.43. The molecule has 0 bridgehead atoms. The van der Waals surface area contributed by atoms with Gasteiger partial charge in [0.25, 0.3) is 0 Å². The highest BCUT2D eigenvalue weighted by molar-refractivity contribution is 6.12. The van der Waals surface area contributed by atoms with E-state index in [2.05, 4.69) is 0 Å². The van der Waals surface area contributed by atoms with Gasteiger partial charge >= 0.3 is 0 Å². The quantitative estimate of drug-likeness (QED) is 0.562. The van der Waals surface area contributed by atoms with Crippen LogP contribution in [0.15, 0.2) is 18.2 Å². The molecule has 1 aromatic rings. The van der Waals surface area contributed by atoms with Gasteiger partial charge in [-0.05, 0) is 17.2 Å². The van der Waals surface area contributed by atoms with Crippen LogP contribution in [0.4, 0.5) is 8.78 Å². The zero-order valence-corrected chi connectivity index (χ0v) is 8.57. The van der Waals surface area contributed by atoms with Crippen LogP contribution in [0.25, 0.3) is 0 Å². The van der Waals surface area contributed by atoms with Gasteiger partial charge in [-0.1, -0.05) is 19.1 Å². The van der Waals surface area contributed by atoms with Crippen LogP contribution in [0.5, 0.6) is 0 Å². The lowest BCUT2D eigenvalue weighted by atomic mass is 10.1. The predicted octanol–water partition coefficient (Wildman–Crippen LogP) is 1.39. The van der Waals surface area contributed by atoms with E-state index < -0.39 is 11.6 Å². The van der Waals surface area contributed by atoms with Crippen LogP contribution in [-0.4, -0.2) is 10.2 Å². The van der Waals surface area contributed by atoms with E-state index in [-0.39, 0.29) is 5.54 Å². The van der Waals surface area contributed by atoms with Crippen molar-refractivity contribution >= 4 is 10.2 Å². The Labute approximate surface area is 67.7 Å². The summed E-state index contributed by atoms with van der Waals surface area (Å²) >= 11 is 0. The SMILES string of the molecule is CC([SiH3])c1cccc(F)c1F. The highest BCUT2D eigenvalue weighted by atomic mass is 28.1. The van der Waals surface area contributed by atoms with E-state index in [0.29, 0.717) is 5.56 Å². The lowest BCUT2D eigenvalue weighted by Crippen LogP contribution is -1.98. The van der Waals surface area contributed by atoms with Gasteiger partial charge in [0.05, 0.1) is 0 Å². The molecule has 0 nitrogen and oxygen atoms in total. The second-order valence-electron chi connectivity index (χ2n) is 2.80. The first-order chi connectivity index (χ1) is 5.13. The molecule has 0 aromatic heterocycles. The summed E-state index contributed by atoms with van der Waals surface area (Å²) in [5.74, 6) is -1.43. The summed E-state index contributed by atoms with van der Waals surface area (Å²) in [6.07, 6.45) is 0. The molecule has 3 heteroatoms. The Hall–Kier alpha value is -0.703. The summed E-state index contributed by atoms with van der Waals surface area (Å²) in [6, 6.07) is 4.32. The van der Waals surface area contributed by atoms with Crippen molar-refractivity contribution in [2.75, 3.05) is 0 Å². The molecule has 0 heterocycles. The second-order valence-corrected chi connectivity index (χ2v) is 4.53. The Kier molecular flexibility index (Phi) is 2.39. The number of hydrogen-bond acceptors (Lipinski definition) is 0. The molecule has 0 fully saturated rings. The summed E-state index contributed by atoms with van der Waals surface area (Å²) in [6.45, 7) is 1.89. The molecule has 0 amide bonds. The summed E-state index contributed by atoms with van der Waals surface area (Å²) < 4.78 is 25.5. The van der Waals surface area contributed by atoms with Crippen molar-refractivity contribution in [1.29, 1.82) is 0 Å². The standard InChI is InChI=1S/C8H10F2Si/c1-5(11)6-3-2-4-7(9)8(6)10/h2-5H,1,11H3. The third-order valence-corrected chi connectivity index (χ3v) is 2.23. The average molecular weight is 172 g/mol. The Morgan fingerprint density at radius 1 is 1.36 bits per heavy atom. The first-order valence-electron chi connectivity index (χ1n) is 3.57. The van der Waals surface area contributed by atoms with E-state index in [0.717, 1.165) is 16.3 Å². The van der Waals surface area contributed by atoms with Crippen molar-refractivity contribution in [1.82, 2.24) is 0 Å². The highest BCUT2D eigenvalue weighted by Gasteiger charge is 2.09. The summed E-state index contributed by atoms with van der Waals surface area (Å²) in [7, 11) is 0.846. The Morgan fingerprint density at radius 3 is 2.45 bits per heavy atom. The van der Waals surface area contributed by atoms with Crippen molar-refractivity contribution in [3.8, 4) is 0 Å². The molecule has 1 unspecified atom stereocenters. The third-order valence-electron chi connectivity index (χ3n) is 1.60. The van der Waals surface area contributed by atoms with Gasteiger partial charge in [-0.3, -0.25) is 0 Å². The summed E-state index contributed by atoms with van der Waals surface area (Å²) in [5.41, 5.74) is 0.669. The van der Waals surface area contributed by atoms with Crippen molar-refractivity contribution in [2.24, 2.45) is 0 Å². The molecule has 0 aliphatic rings. The van der Waals surface area contributed by atoms with Crippen molar-refractivity contribution in [2.45, 2.75) is 12.5 Å². The smallest absolute Gasteiger partial charge is 0.161 e. The van der Waals surface area contributed by atoms with Crippen LogP contribution >= 0.6 is 0 Å². The lowest BCUT2D eigenvalue weighted by molar-refractivity contribution is 0.499. The van der Waals surface area contributed by atoms with Gasteiger partial charge in [0.2, 0.25) is 0 Å². The van der Waals surface area contributed by atoms with Crippen LogP contribution < -0.4 is 0 Å². The van der Waals surface area contributed by atoms with E-state index >= 15 is 0 Å². The largest absolute Gasteiger partial charge is 0.204 e. The van der Waals surface area contributed by atoms with Gasteiger partial charge in [-0.25, -0.2) is 8.78 Å². The fourth-order valence-corrected chi connectivity index (χ4v) is 1.41. The van der Waals surface area contributed by atoms with Gasteiger partial charge in [-0.15, -0.1) is 0 Å². The normalized spacial score (nSPS) is 13.4. The van der Waals surface area contributed by atoms with E-state index in [1.807, 2.05) is 6.92 Å². The molecule has 0 aliphatic carbocycles. The molecule has 0 saturated heterocycles. The molecule has 0 saturated carbocycles. The molecule has 1 aromatic carbocycles. The molecular formula is C8H10F2Si. The minimum absolute atomic E-state index is 0.172. The van der Waals surface area contributed by atoms with Crippen molar-refractivity contribution in [3.63, 3.8) is 0 Å². The molecule has 1 rings (SSSR count). The first-order valence-corrected chi connectivity index (χ1v) is 4.72. The Balaban J connectivity index is 3.17. The fourth-order valence-electron chi connectivity index (χ4n) is 0.966. The third kappa shape index (κ3) is 1.65. The zero-order valence-electron chi connectivity index (χ0n) is 6.57. The van der Waals surface area contributed by atoms with Crippen LogP contribution in [0, 0.1) is 11.6 Å². The molecule has 0 aliphatic heterocycles. The number of hydrogen-bond donors (Lipinski definition) is 0. The predicted molar refractivity (Wildman–Crippen MR) is 44.7 cm³/mol. The van der Waals surface area contributed by atoms with Crippen LogP contribution in [-0.2, 0) is 0 Å². The van der Waals surface area contributed by atoms with Gasteiger partial charge in [-0.2, -0.15) is 0 Å². The monoisotopic (exact) mass is 172 g/mol. The van der Waals surface area contributed by atoms with E-state index in [1.165, 1.54) is 0 Å². The van der Waals surface area contributed by atoms with E-state index in [1.54, 1.807) is 12.1 Å². The van der Waals surface area contributed by atoms with E-state index in [4.69, 9.17) is 0 Å². The molecule has 60 valence electrons. The molecular weight excluding hydrogens is 162 g/mol. The first kappa shape index (κ1) is 8.39. The lowest BCUT2D eigenvalue weighted by Gasteiger charge is -2.05. The number of benzene rings is 1. The topological polar surface area (TPSA) is 0 Å². The minimum Gasteiger partial charge on any atom is -0.204 e. The van der Waals surface area contributed by atoms with Crippen molar-refractivity contribution < 1.29 is 8.78 Å². The van der Waals surface area contributed by atoms with Crippen molar-refractivity contribution in [3.05, 3.63) is 35.4 Å². The maximum atomic E-state index is 12.9. The minimum atomic E-state index is -0.745. The Morgan fingerprint density at radius 2 is 2.00 bits per heavy atom. The van der Waals surface area contributed by atoms with Gasteiger partial charge in [0, 0.05) is 10.2 Å². The van der Waals surface area contributed by atoms with Gasteiger partial charge < -0.3 is 0 Å². The van der Waals surface area contributed by atoms with E-state index in [9.17, 15) is 8.78 Å². The molecule has 0 N–H and O–H groups in total. The highest BCUT2D eigenvalue weighted by Crippen LogP contribution is 2.17. The molecule has 0 radical (unpaired) electrons. The van der Waals surface area contributed by atoms with Gasteiger partial charge in [0.1, 0.15) is 0 Å². The average Bonchev–Trinajstić information content (AvgIpc) is 1.94.